The van der Waals surface area contributed by atoms with Gasteiger partial charge in [0.05, 0.1) is 45.4 Å². The largest absolute Gasteiger partial charge is 0.496 e. The van der Waals surface area contributed by atoms with Gasteiger partial charge in [0.25, 0.3) is 0 Å². The number of methoxy groups -OCH3 is 1. The van der Waals surface area contributed by atoms with Crippen molar-refractivity contribution < 1.29 is 37.3 Å². The van der Waals surface area contributed by atoms with Crippen molar-refractivity contribution in [2.45, 2.75) is 25.9 Å². The number of hydrogen-bond acceptors (Lipinski definition) is 8. The maximum atomic E-state index is 13.3. The van der Waals surface area contributed by atoms with E-state index >= 15 is 0 Å². The fourth-order valence-corrected chi connectivity index (χ4v) is 4.65. The molecule has 5 rings (SSSR count). The number of halogens is 2. The number of ketones is 1. The highest BCUT2D eigenvalue weighted by Crippen LogP contribution is 2.40. The van der Waals surface area contributed by atoms with Gasteiger partial charge in [-0.25, -0.2) is 4.98 Å². The molecule has 1 saturated carbocycles. The molecular weight excluding hydrogens is 512 g/mol. The Bertz CT molecular complexity index is 1270. The lowest BCUT2D eigenvalue weighted by Gasteiger charge is -2.26. The van der Waals surface area contributed by atoms with Crippen LogP contribution in [0.25, 0.3) is 16.9 Å². The third-order valence-electron chi connectivity index (χ3n) is 6.88. The Morgan fingerprint density at radius 3 is 2.67 bits per heavy atom. The first-order valence-electron chi connectivity index (χ1n) is 13.2. The smallest absolute Gasteiger partial charge is 0.387 e. The first kappa shape index (κ1) is 27.3. The quantitative estimate of drug-likeness (QED) is 0.219. The molecule has 2 aromatic heterocycles. The van der Waals surface area contributed by atoms with Crippen molar-refractivity contribution in [2.24, 2.45) is 5.92 Å². The standard InChI is InChI=1S/C28H33F2N3O6/c1-35-24-15-20(16-25(39-28(29)30)27(24)23(34)14-19-2-3-19)22-18-31-26-17-21(4-5-33(22)26)38-13-12-37-11-8-32-6-9-36-10-7-32/h4-5,15-19,28H,2-3,6-14H2,1H3. The second-order valence-electron chi connectivity index (χ2n) is 9.65. The van der Waals surface area contributed by atoms with Gasteiger partial charge in [0.1, 0.15) is 35.1 Å². The molecule has 3 aromatic rings. The van der Waals surface area contributed by atoms with Crippen molar-refractivity contribution in [2.75, 3.05) is 59.8 Å². The van der Waals surface area contributed by atoms with Gasteiger partial charge >= 0.3 is 6.61 Å². The molecule has 9 nitrogen and oxygen atoms in total. The van der Waals surface area contributed by atoms with Crippen molar-refractivity contribution in [1.82, 2.24) is 14.3 Å². The van der Waals surface area contributed by atoms with Crippen molar-refractivity contribution in [3.8, 4) is 28.5 Å². The number of Topliss-reactive ketones (excluding diaryl/α,β-unsaturated/α-hetero) is 1. The first-order valence-corrected chi connectivity index (χ1v) is 13.2. The SMILES string of the molecule is COc1cc(-c2cnc3cc(OCCOCCN4CCOCC4)ccn23)cc(OC(F)F)c1C(=O)CC1CC1. The summed E-state index contributed by atoms with van der Waals surface area (Å²) in [4.78, 5) is 19.7. The van der Waals surface area contributed by atoms with Gasteiger partial charge in [-0.1, -0.05) is 0 Å². The maximum absolute atomic E-state index is 13.3. The van der Waals surface area contributed by atoms with E-state index in [1.807, 2.05) is 0 Å². The Labute approximate surface area is 225 Å². The summed E-state index contributed by atoms with van der Waals surface area (Å²) in [6.07, 6.45) is 5.63. The molecule has 2 fully saturated rings. The van der Waals surface area contributed by atoms with E-state index in [9.17, 15) is 13.6 Å². The zero-order valence-electron chi connectivity index (χ0n) is 21.9. The number of fused-ring (bicyclic) bond motifs is 1. The van der Waals surface area contributed by atoms with E-state index in [4.69, 9.17) is 23.7 Å². The number of carbonyl (C=O) groups excluding carboxylic acids is 1. The lowest BCUT2D eigenvalue weighted by Crippen LogP contribution is -2.38. The minimum absolute atomic E-state index is 0.0464. The zero-order chi connectivity index (χ0) is 27.2. The molecule has 0 unspecified atom stereocenters. The Kier molecular flexibility index (Phi) is 8.90. The third kappa shape index (κ3) is 7.03. The van der Waals surface area contributed by atoms with E-state index in [0.29, 0.717) is 42.5 Å². The van der Waals surface area contributed by atoms with Crippen LogP contribution in [-0.2, 0) is 9.47 Å². The predicted molar refractivity (Wildman–Crippen MR) is 139 cm³/mol. The minimum atomic E-state index is -3.08. The number of aromatic nitrogens is 2. The number of alkyl halides is 2. The summed E-state index contributed by atoms with van der Waals surface area (Å²) in [6.45, 7) is 2.69. The molecule has 1 aliphatic heterocycles. The van der Waals surface area contributed by atoms with Crippen LogP contribution in [0.5, 0.6) is 17.2 Å². The molecule has 210 valence electrons. The number of hydrogen-bond donors (Lipinski definition) is 0. The van der Waals surface area contributed by atoms with Gasteiger partial charge in [0.15, 0.2) is 5.78 Å². The maximum Gasteiger partial charge on any atom is 0.387 e. The fourth-order valence-electron chi connectivity index (χ4n) is 4.65. The van der Waals surface area contributed by atoms with Gasteiger partial charge in [-0.3, -0.25) is 14.1 Å². The summed E-state index contributed by atoms with van der Waals surface area (Å²) in [6, 6.07) is 6.68. The van der Waals surface area contributed by atoms with Crippen LogP contribution < -0.4 is 14.2 Å². The number of morpholine rings is 1. The van der Waals surface area contributed by atoms with Gasteiger partial charge in [-0.2, -0.15) is 8.78 Å². The van der Waals surface area contributed by atoms with E-state index in [1.165, 1.54) is 13.2 Å². The minimum Gasteiger partial charge on any atom is -0.496 e. The van der Waals surface area contributed by atoms with E-state index in [0.717, 1.165) is 45.7 Å². The Morgan fingerprint density at radius 2 is 1.92 bits per heavy atom. The summed E-state index contributed by atoms with van der Waals surface area (Å²) in [5.41, 5.74) is 1.81. The molecule has 39 heavy (non-hydrogen) atoms. The molecule has 11 heteroatoms. The number of carbonyl (C=O) groups is 1. The number of imidazole rings is 1. The summed E-state index contributed by atoms with van der Waals surface area (Å²) in [7, 11) is 1.41. The lowest BCUT2D eigenvalue weighted by atomic mass is 10.00. The molecule has 1 aromatic carbocycles. The van der Waals surface area contributed by atoms with E-state index < -0.39 is 6.61 Å². The Balaban J connectivity index is 1.26. The van der Waals surface area contributed by atoms with Crippen LogP contribution in [0.2, 0.25) is 0 Å². The van der Waals surface area contributed by atoms with Crippen LogP contribution in [0.4, 0.5) is 8.78 Å². The van der Waals surface area contributed by atoms with Gasteiger partial charge in [-0.15, -0.1) is 0 Å². The molecule has 1 aliphatic carbocycles. The van der Waals surface area contributed by atoms with E-state index in [2.05, 4.69) is 9.88 Å². The monoisotopic (exact) mass is 545 g/mol. The number of ether oxygens (including phenoxy) is 5. The van der Waals surface area contributed by atoms with Crippen LogP contribution in [-0.4, -0.2) is 86.5 Å². The second-order valence-corrected chi connectivity index (χ2v) is 9.65. The average Bonchev–Trinajstić information content (AvgIpc) is 3.65. The number of rotatable bonds is 14. The molecule has 0 N–H and O–H groups in total. The molecule has 3 heterocycles. The lowest BCUT2D eigenvalue weighted by molar-refractivity contribution is -0.0502. The summed E-state index contributed by atoms with van der Waals surface area (Å²) >= 11 is 0. The Morgan fingerprint density at radius 1 is 1.13 bits per heavy atom. The number of pyridine rings is 1. The molecule has 1 saturated heterocycles. The highest BCUT2D eigenvalue weighted by molar-refractivity contribution is 6.02. The molecule has 0 radical (unpaired) electrons. The van der Waals surface area contributed by atoms with Crippen LogP contribution in [0.15, 0.2) is 36.7 Å². The van der Waals surface area contributed by atoms with E-state index in [1.54, 1.807) is 35.0 Å². The van der Waals surface area contributed by atoms with Crippen LogP contribution in [0.1, 0.15) is 29.6 Å². The van der Waals surface area contributed by atoms with Crippen molar-refractivity contribution in [3.05, 3.63) is 42.2 Å². The highest BCUT2D eigenvalue weighted by atomic mass is 19.3. The van der Waals surface area contributed by atoms with Gasteiger partial charge in [0, 0.05) is 43.9 Å². The zero-order valence-corrected chi connectivity index (χ0v) is 21.9. The third-order valence-corrected chi connectivity index (χ3v) is 6.88. The van der Waals surface area contributed by atoms with E-state index in [-0.39, 0.29) is 35.2 Å². The fraction of sp³-hybridized carbons (Fsp3) is 0.500. The van der Waals surface area contributed by atoms with Crippen LogP contribution in [0.3, 0.4) is 0 Å². The number of nitrogens with zero attached hydrogens (tertiary/aromatic N) is 3. The topological polar surface area (TPSA) is 83.8 Å². The highest BCUT2D eigenvalue weighted by Gasteiger charge is 2.29. The van der Waals surface area contributed by atoms with Crippen molar-refractivity contribution >= 4 is 11.4 Å². The Hall–Kier alpha value is -3.28. The molecule has 0 spiro atoms. The predicted octanol–water partition coefficient (Wildman–Crippen LogP) is 4.32. The van der Waals surface area contributed by atoms with Crippen LogP contribution >= 0.6 is 0 Å². The average molecular weight is 546 g/mol. The van der Waals surface area contributed by atoms with Gasteiger partial charge < -0.3 is 23.7 Å². The summed E-state index contributed by atoms with van der Waals surface area (Å²) in [5, 5.41) is 0. The number of benzene rings is 1. The van der Waals surface area contributed by atoms with Crippen molar-refractivity contribution in [3.63, 3.8) is 0 Å². The first-order chi connectivity index (χ1) is 19.0. The second kappa shape index (κ2) is 12.7. The van der Waals surface area contributed by atoms with Gasteiger partial charge in [-0.05, 0) is 37.0 Å². The van der Waals surface area contributed by atoms with Crippen LogP contribution in [0, 0.1) is 5.92 Å². The normalized spacial score (nSPS) is 16.1. The van der Waals surface area contributed by atoms with Crippen molar-refractivity contribution in [1.29, 1.82) is 0 Å². The molecular formula is C28H33F2N3O6. The molecule has 0 atom stereocenters. The molecule has 0 amide bonds. The summed E-state index contributed by atoms with van der Waals surface area (Å²) < 4.78 is 55.5. The molecule has 2 aliphatic rings. The van der Waals surface area contributed by atoms with Gasteiger partial charge in [0.2, 0.25) is 0 Å². The summed E-state index contributed by atoms with van der Waals surface area (Å²) in [5.74, 6) is 0.655. The molecule has 0 bridgehead atoms.